The second kappa shape index (κ2) is 8.80. The van der Waals surface area contributed by atoms with Crippen molar-refractivity contribution in [3.05, 3.63) is 53.2 Å². The molecule has 7 nitrogen and oxygen atoms in total. The third-order valence-corrected chi connectivity index (χ3v) is 3.42. The summed E-state index contributed by atoms with van der Waals surface area (Å²) in [5.74, 6) is -0.758. The summed E-state index contributed by atoms with van der Waals surface area (Å²) in [5.41, 5.74) is 4.63. The highest BCUT2D eigenvalue weighted by molar-refractivity contribution is 5.94. The fourth-order valence-corrected chi connectivity index (χ4v) is 2.07. The minimum absolute atomic E-state index is 0.0974. The maximum Gasteiger partial charge on any atom is 0.433 e. The van der Waals surface area contributed by atoms with Crippen molar-refractivity contribution in [1.82, 2.24) is 10.3 Å². The highest BCUT2D eigenvalue weighted by Crippen LogP contribution is 2.31. The number of hydrogen-bond donors (Lipinski definition) is 4. The quantitative estimate of drug-likeness (QED) is 0.573. The zero-order chi connectivity index (χ0) is 20.0. The first-order chi connectivity index (χ1) is 12.7. The Labute approximate surface area is 152 Å². The van der Waals surface area contributed by atoms with E-state index in [0.29, 0.717) is 0 Å². The average molecular weight is 385 g/mol. The number of rotatable bonds is 7. The molecule has 146 valence electrons. The molecule has 10 heteroatoms. The molecule has 1 amide bonds. The van der Waals surface area contributed by atoms with E-state index in [9.17, 15) is 23.1 Å². The highest BCUT2D eigenvalue weighted by atomic mass is 19.4. The first-order valence-electron chi connectivity index (χ1n) is 7.86. The number of alkyl halides is 3. The number of carbonyl (C=O) groups is 1. The number of ether oxygens (including phenoxy) is 1. The Balaban J connectivity index is 2.19. The third-order valence-electron chi connectivity index (χ3n) is 3.42. The smallest absolute Gasteiger partial charge is 0.433 e. The van der Waals surface area contributed by atoms with Gasteiger partial charge < -0.3 is 26.0 Å². The van der Waals surface area contributed by atoms with E-state index in [-0.39, 0.29) is 35.8 Å². The topological polar surface area (TPSA) is 118 Å². The summed E-state index contributed by atoms with van der Waals surface area (Å²) >= 11 is 0. The van der Waals surface area contributed by atoms with Crippen LogP contribution in [0.5, 0.6) is 11.6 Å². The molecule has 0 aliphatic carbocycles. The summed E-state index contributed by atoms with van der Waals surface area (Å²) in [6.07, 6.45) is -5.75. The summed E-state index contributed by atoms with van der Waals surface area (Å²) in [6, 6.07) is 7.81. The van der Waals surface area contributed by atoms with Gasteiger partial charge >= 0.3 is 6.18 Å². The molecule has 1 heterocycles. The van der Waals surface area contributed by atoms with Gasteiger partial charge in [-0.25, -0.2) is 4.98 Å². The van der Waals surface area contributed by atoms with Crippen LogP contribution in [0, 0.1) is 0 Å². The van der Waals surface area contributed by atoms with Crippen molar-refractivity contribution < 1.29 is 32.9 Å². The van der Waals surface area contributed by atoms with Gasteiger partial charge in [0, 0.05) is 24.7 Å². The van der Waals surface area contributed by atoms with Crippen LogP contribution < -0.4 is 15.8 Å². The lowest BCUT2D eigenvalue weighted by Crippen LogP contribution is -2.33. The van der Waals surface area contributed by atoms with E-state index in [1.807, 2.05) is 0 Å². The van der Waals surface area contributed by atoms with Gasteiger partial charge in [-0.05, 0) is 29.8 Å². The zero-order valence-electron chi connectivity index (χ0n) is 14.0. The predicted molar refractivity (Wildman–Crippen MR) is 89.1 cm³/mol. The lowest BCUT2D eigenvalue weighted by molar-refractivity contribution is -0.141. The minimum Gasteiger partial charge on any atom is -0.439 e. The van der Waals surface area contributed by atoms with Crippen molar-refractivity contribution in [2.75, 3.05) is 13.2 Å². The van der Waals surface area contributed by atoms with Gasteiger partial charge in [-0.3, -0.25) is 4.79 Å². The molecular formula is C17H18F3N3O4. The number of nitrogens with zero attached hydrogens (tertiary/aromatic N) is 1. The van der Waals surface area contributed by atoms with Crippen molar-refractivity contribution in [2.24, 2.45) is 5.73 Å². The Morgan fingerprint density at radius 2 is 2.04 bits per heavy atom. The molecule has 1 aromatic carbocycles. The van der Waals surface area contributed by atoms with Crippen LogP contribution in [-0.2, 0) is 12.7 Å². The van der Waals surface area contributed by atoms with Gasteiger partial charge in [-0.15, -0.1) is 0 Å². The van der Waals surface area contributed by atoms with Crippen molar-refractivity contribution in [3.8, 4) is 11.6 Å². The number of pyridine rings is 1. The molecule has 2 aromatic rings. The van der Waals surface area contributed by atoms with E-state index in [0.717, 1.165) is 6.07 Å². The second-order valence-electron chi connectivity index (χ2n) is 5.58. The van der Waals surface area contributed by atoms with E-state index in [1.54, 1.807) is 0 Å². The second-order valence-corrected chi connectivity index (χ2v) is 5.58. The van der Waals surface area contributed by atoms with Crippen LogP contribution in [0.25, 0.3) is 0 Å². The molecule has 5 N–H and O–H groups in total. The summed E-state index contributed by atoms with van der Waals surface area (Å²) in [4.78, 5) is 15.4. The third kappa shape index (κ3) is 5.91. The zero-order valence-corrected chi connectivity index (χ0v) is 14.0. The molecule has 0 saturated carbocycles. The van der Waals surface area contributed by atoms with E-state index in [4.69, 9.17) is 15.6 Å². The Morgan fingerprint density at radius 3 is 2.67 bits per heavy atom. The van der Waals surface area contributed by atoms with E-state index in [1.165, 1.54) is 30.3 Å². The first-order valence-corrected chi connectivity index (χ1v) is 7.86. The lowest BCUT2D eigenvalue weighted by atomic mass is 10.2. The molecule has 0 saturated heterocycles. The fraction of sp³-hybridized carbons (Fsp3) is 0.294. The minimum atomic E-state index is -4.65. The van der Waals surface area contributed by atoms with E-state index in [2.05, 4.69) is 10.3 Å². The molecule has 1 aromatic heterocycles. The van der Waals surface area contributed by atoms with Gasteiger partial charge in [0.15, 0.2) is 0 Å². The van der Waals surface area contributed by atoms with Crippen LogP contribution in [0.4, 0.5) is 13.2 Å². The lowest BCUT2D eigenvalue weighted by Gasteiger charge is -2.12. The summed E-state index contributed by atoms with van der Waals surface area (Å²) < 4.78 is 44.1. The molecule has 2 rings (SSSR count). The molecule has 0 spiro atoms. The summed E-state index contributed by atoms with van der Waals surface area (Å²) in [6.45, 7) is -0.791. The fourth-order valence-electron chi connectivity index (χ4n) is 2.07. The van der Waals surface area contributed by atoms with Crippen LogP contribution >= 0.6 is 0 Å². The molecule has 0 aliphatic rings. The number of nitrogens with two attached hydrogens (primary N) is 1. The molecular weight excluding hydrogens is 367 g/mol. The monoisotopic (exact) mass is 385 g/mol. The Kier molecular flexibility index (Phi) is 6.72. The van der Waals surface area contributed by atoms with Crippen molar-refractivity contribution in [3.63, 3.8) is 0 Å². The van der Waals surface area contributed by atoms with Gasteiger partial charge in [0.2, 0.25) is 5.88 Å². The number of aromatic nitrogens is 1. The van der Waals surface area contributed by atoms with Crippen molar-refractivity contribution in [1.29, 1.82) is 0 Å². The van der Waals surface area contributed by atoms with Crippen LogP contribution in [0.3, 0.4) is 0 Å². The summed E-state index contributed by atoms with van der Waals surface area (Å²) in [7, 11) is 0. The normalized spacial score (nSPS) is 12.5. The van der Waals surface area contributed by atoms with Gasteiger partial charge in [0.1, 0.15) is 11.4 Å². The SMILES string of the molecule is NCc1cc(Oc2cccc(C(=O)NC[C@@H](O)CO)c2)nc(C(F)(F)F)c1. The molecule has 0 aliphatic heterocycles. The first kappa shape index (κ1) is 20.6. The van der Waals surface area contributed by atoms with E-state index >= 15 is 0 Å². The van der Waals surface area contributed by atoms with Crippen LogP contribution in [0.15, 0.2) is 36.4 Å². The molecule has 0 fully saturated rings. The molecule has 0 unspecified atom stereocenters. The standard InChI is InChI=1S/C17H18F3N3O4/c18-17(19,20)14-4-10(7-21)5-15(23-14)27-13-3-1-2-11(6-13)16(26)22-8-12(25)9-24/h1-6,12,24-25H,7-9,21H2,(H,22,26)/t12-/m1/s1. The van der Waals surface area contributed by atoms with E-state index < -0.39 is 30.5 Å². The van der Waals surface area contributed by atoms with Gasteiger partial charge in [-0.2, -0.15) is 13.2 Å². The number of amides is 1. The Hall–Kier alpha value is -2.69. The molecule has 0 bridgehead atoms. The summed E-state index contributed by atoms with van der Waals surface area (Å²) in [5, 5.41) is 20.4. The highest BCUT2D eigenvalue weighted by Gasteiger charge is 2.33. The number of nitrogens with one attached hydrogen (secondary N) is 1. The molecule has 0 radical (unpaired) electrons. The van der Waals surface area contributed by atoms with Crippen LogP contribution in [0.2, 0.25) is 0 Å². The van der Waals surface area contributed by atoms with Crippen molar-refractivity contribution in [2.45, 2.75) is 18.8 Å². The van der Waals surface area contributed by atoms with Gasteiger partial charge in [-0.1, -0.05) is 6.07 Å². The molecule has 27 heavy (non-hydrogen) atoms. The number of aliphatic hydroxyl groups is 2. The predicted octanol–water partition coefficient (Wildman–Crippen LogP) is 1.43. The Bertz CT molecular complexity index is 799. The van der Waals surface area contributed by atoms with Crippen LogP contribution in [0.1, 0.15) is 21.6 Å². The largest absolute Gasteiger partial charge is 0.439 e. The maximum absolute atomic E-state index is 12.9. The number of carbonyl (C=O) groups excluding carboxylic acids is 1. The van der Waals surface area contributed by atoms with Gasteiger partial charge in [0.25, 0.3) is 5.91 Å². The van der Waals surface area contributed by atoms with Gasteiger partial charge in [0.05, 0.1) is 12.7 Å². The van der Waals surface area contributed by atoms with Crippen molar-refractivity contribution >= 4 is 5.91 Å². The molecule has 1 atom stereocenters. The number of aliphatic hydroxyl groups excluding tert-OH is 2. The number of hydrogen-bond acceptors (Lipinski definition) is 6. The van der Waals surface area contributed by atoms with Crippen LogP contribution in [-0.4, -0.2) is 40.4 Å². The number of benzene rings is 1. The maximum atomic E-state index is 12.9. The average Bonchev–Trinajstić information content (AvgIpc) is 2.64. The Morgan fingerprint density at radius 1 is 1.30 bits per heavy atom. The number of halogens is 3.